The van der Waals surface area contributed by atoms with Gasteiger partial charge in [0, 0.05) is 27.4 Å². The SMILES string of the molecule is CP(C)(=O)c1ccc(-c2cccc(C3(c4ccc(-c5nc(-c6cccc(-c7ccccc7)c6)nc(-c6cccc(-c7ccccc7)c6)n5)cc4)C4CC5CC(C4)CC3C5)c2)cc1. The van der Waals surface area contributed by atoms with Gasteiger partial charge >= 0.3 is 0 Å². The smallest absolute Gasteiger partial charge is 0.164 e. The highest BCUT2D eigenvalue weighted by molar-refractivity contribution is 7.70. The second kappa shape index (κ2) is 15.6. The summed E-state index contributed by atoms with van der Waals surface area (Å²) < 4.78 is 12.9. The largest absolute Gasteiger partial charge is 0.319 e. The summed E-state index contributed by atoms with van der Waals surface area (Å²) in [4.78, 5) is 15.6. The van der Waals surface area contributed by atoms with E-state index in [-0.39, 0.29) is 5.41 Å². The van der Waals surface area contributed by atoms with Crippen molar-refractivity contribution in [3.05, 3.63) is 193 Å². The first-order chi connectivity index (χ1) is 30.3. The molecule has 0 aliphatic heterocycles. The lowest BCUT2D eigenvalue weighted by Crippen LogP contribution is -2.56. The molecule has 4 fully saturated rings. The van der Waals surface area contributed by atoms with Gasteiger partial charge in [-0.05, 0) is 126 Å². The first kappa shape index (κ1) is 38.7. The second-order valence-electron chi connectivity index (χ2n) is 18.4. The molecule has 4 saturated carbocycles. The molecule has 1 aromatic heterocycles. The Balaban J connectivity index is 1.02. The third-order valence-electron chi connectivity index (χ3n) is 14.3. The summed E-state index contributed by atoms with van der Waals surface area (Å²) >= 11 is 0. The molecule has 4 nitrogen and oxygen atoms in total. The first-order valence-electron chi connectivity index (χ1n) is 22.2. The van der Waals surface area contributed by atoms with Crippen molar-refractivity contribution in [2.75, 3.05) is 13.3 Å². The number of hydrogen-bond donors (Lipinski definition) is 0. The Labute approximate surface area is 365 Å². The molecule has 0 atom stereocenters. The molecule has 8 aromatic rings. The van der Waals surface area contributed by atoms with E-state index >= 15 is 0 Å². The van der Waals surface area contributed by atoms with Crippen LogP contribution in [-0.2, 0) is 9.98 Å². The van der Waals surface area contributed by atoms with E-state index in [1.165, 1.54) is 54.4 Å². The lowest BCUT2D eigenvalue weighted by Gasteiger charge is -2.62. The van der Waals surface area contributed by atoms with E-state index in [4.69, 9.17) is 15.0 Å². The third kappa shape index (κ3) is 7.05. The van der Waals surface area contributed by atoms with E-state index < -0.39 is 7.14 Å². The van der Waals surface area contributed by atoms with Crippen LogP contribution in [-0.4, -0.2) is 28.3 Å². The van der Waals surface area contributed by atoms with Crippen LogP contribution in [0.15, 0.2) is 182 Å². The maximum atomic E-state index is 12.9. The molecule has 0 amide bonds. The standard InChI is InChI=1S/C57H50N3OP/c1-62(2,61)53-28-24-42(25-29-53)46-18-11-21-50(37-46)57(51-31-38-30-39(33-51)34-52(57)32-38)49-26-22-43(23-27-49)54-58-55(47-19-9-16-44(35-47)40-12-5-3-6-13-40)60-56(59-54)48-20-10-17-45(36-48)41-14-7-4-8-15-41/h3-29,35-39,51-52H,30-34H2,1-2H3. The zero-order chi connectivity index (χ0) is 41.8. The van der Waals surface area contributed by atoms with Gasteiger partial charge in [-0.1, -0.05) is 170 Å². The summed E-state index contributed by atoms with van der Waals surface area (Å²) in [6.07, 6.45) is 6.57. The lowest BCUT2D eigenvalue weighted by molar-refractivity contribution is -0.0418. The summed E-state index contributed by atoms with van der Waals surface area (Å²) in [6.45, 7) is 3.69. The van der Waals surface area contributed by atoms with E-state index in [1.807, 2.05) is 25.5 Å². The molecular weight excluding hydrogens is 774 g/mol. The maximum absolute atomic E-state index is 12.9. The minimum absolute atomic E-state index is 0.0738. The van der Waals surface area contributed by atoms with Gasteiger partial charge in [-0.3, -0.25) is 0 Å². The fourth-order valence-corrected chi connectivity index (χ4v) is 12.5. The molecule has 0 radical (unpaired) electrons. The first-order valence-corrected chi connectivity index (χ1v) is 24.8. The van der Waals surface area contributed by atoms with Crippen molar-refractivity contribution in [3.8, 4) is 67.5 Å². The van der Waals surface area contributed by atoms with Gasteiger partial charge < -0.3 is 4.57 Å². The van der Waals surface area contributed by atoms with Crippen molar-refractivity contribution in [1.82, 2.24) is 15.0 Å². The van der Waals surface area contributed by atoms with E-state index in [1.54, 1.807) is 0 Å². The van der Waals surface area contributed by atoms with Crippen molar-refractivity contribution < 1.29 is 4.57 Å². The molecule has 0 saturated heterocycles. The molecule has 62 heavy (non-hydrogen) atoms. The Morgan fingerprint density at radius 3 is 1.29 bits per heavy atom. The van der Waals surface area contributed by atoms with E-state index in [9.17, 15) is 4.57 Å². The highest BCUT2D eigenvalue weighted by Crippen LogP contribution is 2.65. The van der Waals surface area contributed by atoms with Crippen molar-refractivity contribution in [3.63, 3.8) is 0 Å². The van der Waals surface area contributed by atoms with Crippen LogP contribution in [0.5, 0.6) is 0 Å². The van der Waals surface area contributed by atoms with Crippen LogP contribution in [0, 0.1) is 23.7 Å². The molecule has 0 unspecified atom stereocenters. The molecule has 12 rings (SSSR count). The molecule has 7 aromatic carbocycles. The third-order valence-corrected chi connectivity index (χ3v) is 15.8. The van der Waals surface area contributed by atoms with Crippen molar-refractivity contribution >= 4 is 12.4 Å². The predicted molar refractivity (Wildman–Crippen MR) is 256 cm³/mol. The highest BCUT2D eigenvalue weighted by atomic mass is 31.2. The number of aromatic nitrogens is 3. The van der Waals surface area contributed by atoms with Crippen LogP contribution < -0.4 is 5.30 Å². The average Bonchev–Trinajstić information content (AvgIpc) is 3.32. The Bertz CT molecular complexity index is 2830. The molecule has 0 spiro atoms. The topological polar surface area (TPSA) is 55.7 Å². The van der Waals surface area contributed by atoms with E-state index in [2.05, 4.69) is 170 Å². The zero-order valence-electron chi connectivity index (χ0n) is 35.4. The van der Waals surface area contributed by atoms with Crippen LogP contribution in [0.25, 0.3) is 67.5 Å². The fourth-order valence-electron chi connectivity index (χ4n) is 11.6. The normalized spacial score (nSPS) is 21.5. The summed E-state index contributed by atoms with van der Waals surface area (Å²) in [5.74, 6) is 4.83. The molecule has 4 aliphatic rings. The van der Waals surface area contributed by atoms with Crippen LogP contribution in [0.1, 0.15) is 43.2 Å². The number of rotatable bonds is 9. The molecule has 0 N–H and O–H groups in total. The molecule has 4 bridgehead atoms. The van der Waals surface area contributed by atoms with Gasteiger partial charge in [-0.2, -0.15) is 0 Å². The van der Waals surface area contributed by atoms with Gasteiger partial charge in [0.05, 0.1) is 0 Å². The Morgan fingerprint density at radius 1 is 0.387 bits per heavy atom. The van der Waals surface area contributed by atoms with Crippen molar-refractivity contribution in [1.29, 1.82) is 0 Å². The molecular formula is C57H50N3OP. The number of benzene rings is 7. The zero-order valence-corrected chi connectivity index (χ0v) is 36.3. The summed E-state index contributed by atoms with van der Waals surface area (Å²) in [6, 6.07) is 65.1. The van der Waals surface area contributed by atoms with Crippen molar-refractivity contribution in [2.45, 2.75) is 37.5 Å². The van der Waals surface area contributed by atoms with Crippen LogP contribution in [0.4, 0.5) is 0 Å². The molecule has 4 aliphatic carbocycles. The number of hydrogen-bond acceptors (Lipinski definition) is 4. The molecule has 5 heteroatoms. The Hall–Kier alpha value is -6.22. The van der Waals surface area contributed by atoms with Gasteiger partial charge in [-0.15, -0.1) is 0 Å². The van der Waals surface area contributed by atoms with Gasteiger partial charge in [-0.25, -0.2) is 15.0 Å². The van der Waals surface area contributed by atoms with E-state index in [0.717, 1.165) is 56.1 Å². The van der Waals surface area contributed by atoms with Crippen LogP contribution in [0.3, 0.4) is 0 Å². The van der Waals surface area contributed by atoms with Gasteiger partial charge in [0.25, 0.3) is 0 Å². The summed E-state index contributed by atoms with van der Waals surface area (Å²) in [7, 11) is -2.33. The van der Waals surface area contributed by atoms with E-state index in [0.29, 0.717) is 29.3 Å². The van der Waals surface area contributed by atoms with Gasteiger partial charge in [0.15, 0.2) is 17.5 Å². The summed E-state index contributed by atoms with van der Waals surface area (Å²) in [5.41, 5.74) is 12.6. The highest BCUT2D eigenvalue weighted by Gasteiger charge is 2.58. The van der Waals surface area contributed by atoms with Gasteiger partial charge in [0.2, 0.25) is 0 Å². The quantitative estimate of drug-likeness (QED) is 0.136. The van der Waals surface area contributed by atoms with Crippen LogP contribution >= 0.6 is 7.14 Å². The maximum Gasteiger partial charge on any atom is 0.164 e. The van der Waals surface area contributed by atoms with Gasteiger partial charge in [0.1, 0.15) is 7.14 Å². The average molecular weight is 824 g/mol. The Morgan fingerprint density at radius 2 is 0.790 bits per heavy atom. The number of nitrogens with zero attached hydrogens (tertiary/aromatic N) is 3. The molecule has 304 valence electrons. The summed E-state index contributed by atoms with van der Waals surface area (Å²) in [5, 5.41) is 0.925. The van der Waals surface area contributed by atoms with Crippen LogP contribution in [0.2, 0.25) is 0 Å². The second-order valence-corrected chi connectivity index (χ2v) is 21.6. The monoisotopic (exact) mass is 823 g/mol. The molecule has 1 heterocycles. The Kier molecular flexibility index (Phi) is 9.73. The van der Waals surface area contributed by atoms with Crippen molar-refractivity contribution in [2.24, 2.45) is 23.7 Å². The minimum Gasteiger partial charge on any atom is -0.319 e. The lowest BCUT2D eigenvalue weighted by atomic mass is 9.42. The predicted octanol–water partition coefficient (Wildman–Crippen LogP) is 13.9. The fraction of sp³-hybridized carbons (Fsp3) is 0.211. The minimum atomic E-state index is -2.33.